The zero-order valence-electron chi connectivity index (χ0n) is 23.7. The molecular weight excluding hydrogens is 575 g/mol. The van der Waals surface area contributed by atoms with E-state index in [-0.39, 0.29) is 29.9 Å². The molecule has 3 heterocycles. The Kier molecular flexibility index (Phi) is 10.3. The monoisotopic (exact) mass is 615 g/mol. The van der Waals surface area contributed by atoms with Gasteiger partial charge in [-0.25, -0.2) is 13.6 Å². The van der Waals surface area contributed by atoms with Crippen molar-refractivity contribution in [1.82, 2.24) is 14.7 Å². The molecule has 0 unspecified atom stereocenters. The number of hydrogen-bond donors (Lipinski definition) is 0. The maximum atomic E-state index is 13.8. The van der Waals surface area contributed by atoms with E-state index < -0.39 is 18.4 Å². The number of alkyl halides is 2. The molecule has 2 atom stereocenters. The van der Waals surface area contributed by atoms with Crippen molar-refractivity contribution in [1.29, 1.82) is 0 Å². The van der Waals surface area contributed by atoms with Crippen LogP contribution in [0.3, 0.4) is 0 Å². The average molecular weight is 617 g/mol. The summed E-state index contributed by atoms with van der Waals surface area (Å²) in [6, 6.07) is 5.68. The summed E-state index contributed by atoms with van der Waals surface area (Å²) >= 11 is 12.5. The molecule has 5 rings (SSSR count). The number of ether oxygens (including phenoxy) is 2. The Morgan fingerprint density at radius 2 is 1.66 bits per heavy atom. The molecule has 0 N–H and O–H groups in total. The molecule has 2 amide bonds. The van der Waals surface area contributed by atoms with Gasteiger partial charge in [-0.05, 0) is 82.2 Å². The Hall–Kier alpha value is -1.68. The highest BCUT2D eigenvalue weighted by Crippen LogP contribution is 2.37. The van der Waals surface area contributed by atoms with Gasteiger partial charge in [0.2, 0.25) is 12.3 Å². The van der Waals surface area contributed by atoms with E-state index in [1.807, 2.05) is 17.0 Å². The summed E-state index contributed by atoms with van der Waals surface area (Å²) in [6.07, 6.45) is 2.14. The minimum Gasteiger partial charge on any atom is -0.446 e. The fourth-order valence-electron chi connectivity index (χ4n) is 7.07. The van der Waals surface area contributed by atoms with Gasteiger partial charge in [-0.2, -0.15) is 0 Å². The predicted octanol–water partition coefficient (Wildman–Crippen LogP) is 6.07. The van der Waals surface area contributed by atoms with Crippen LogP contribution >= 0.6 is 23.2 Å². The van der Waals surface area contributed by atoms with E-state index in [0.29, 0.717) is 54.9 Å². The molecule has 4 fully saturated rings. The first kappa shape index (κ1) is 30.8. The van der Waals surface area contributed by atoms with Crippen LogP contribution in [0, 0.1) is 11.8 Å². The van der Waals surface area contributed by atoms with Gasteiger partial charge in [-0.3, -0.25) is 4.79 Å². The van der Waals surface area contributed by atoms with Gasteiger partial charge in [0.25, 0.3) is 0 Å². The van der Waals surface area contributed by atoms with Crippen molar-refractivity contribution in [3.05, 3.63) is 33.8 Å². The lowest BCUT2D eigenvalue weighted by molar-refractivity contribution is -0.136. The van der Waals surface area contributed by atoms with E-state index in [1.165, 1.54) is 0 Å². The molecule has 7 nitrogen and oxygen atoms in total. The second-order valence-electron chi connectivity index (χ2n) is 12.1. The van der Waals surface area contributed by atoms with Gasteiger partial charge in [-0.15, -0.1) is 0 Å². The van der Waals surface area contributed by atoms with Gasteiger partial charge in [0.1, 0.15) is 6.10 Å². The van der Waals surface area contributed by atoms with Gasteiger partial charge >= 0.3 is 6.09 Å². The number of likely N-dealkylation sites (N-methyl/N-ethyl adjacent to an activating group) is 1. The van der Waals surface area contributed by atoms with Crippen LogP contribution in [0.15, 0.2) is 18.2 Å². The van der Waals surface area contributed by atoms with Crippen molar-refractivity contribution in [3.63, 3.8) is 0 Å². The number of carbonyl (C=O) groups excluding carboxylic acids is 2. The van der Waals surface area contributed by atoms with E-state index in [4.69, 9.17) is 32.7 Å². The maximum absolute atomic E-state index is 13.8. The van der Waals surface area contributed by atoms with Crippen LogP contribution < -0.4 is 0 Å². The van der Waals surface area contributed by atoms with Crippen molar-refractivity contribution in [3.8, 4) is 0 Å². The third-order valence-corrected chi connectivity index (χ3v) is 10.4. The first-order valence-corrected chi connectivity index (χ1v) is 15.7. The number of halogens is 4. The van der Waals surface area contributed by atoms with Gasteiger partial charge in [-0.1, -0.05) is 29.3 Å². The zero-order chi connectivity index (χ0) is 29.1. The van der Waals surface area contributed by atoms with Crippen molar-refractivity contribution < 1.29 is 27.8 Å². The number of benzene rings is 1. The van der Waals surface area contributed by atoms with E-state index in [2.05, 4.69) is 4.90 Å². The van der Waals surface area contributed by atoms with Gasteiger partial charge < -0.3 is 24.2 Å². The minimum absolute atomic E-state index is 0.0402. The summed E-state index contributed by atoms with van der Waals surface area (Å²) in [4.78, 5) is 33.0. The van der Waals surface area contributed by atoms with Crippen molar-refractivity contribution in [2.45, 2.75) is 81.9 Å². The summed E-state index contributed by atoms with van der Waals surface area (Å²) in [6.45, 7) is 4.30. The van der Waals surface area contributed by atoms with Gasteiger partial charge in [0, 0.05) is 57.1 Å². The van der Waals surface area contributed by atoms with Crippen LogP contribution in [-0.2, 0) is 14.3 Å². The highest BCUT2D eigenvalue weighted by atomic mass is 35.5. The normalized spacial score (nSPS) is 28.7. The molecule has 1 saturated carbocycles. The van der Waals surface area contributed by atoms with E-state index >= 15 is 0 Å². The quantitative estimate of drug-likeness (QED) is 0.389. The molecule has 1 aromatic rings. The molecule has 0 aromatic heterocycles. The fraction of sp³-hybridized carbons (Fsp3) is 0.733. The van der Waals surface area contributed by atoms with Crippen LogP contribution in [0.25, 0.3) is 0 Å². The summed E-state index contributed by atoms with van der Waals surface area (Å²) in [5.41, 5.74) is 0.908. The Morgan fingerprint density at radius 1 is 0.976 bits per heavy atom. The predicted molar refractivity (Wildman–Crippen MR) is 154 cm³/mol. The van der Waals surface area contributed by atoms with E-state index in [0.717, 1.165) is 57.6 Å². The minimum atomic E-state index is -2.34. The Balaban J connectivity index is 1.24. The molecule has 0 bridgehead atoms. The summed E-state index contributed by atoms with van der Waals surface area (Å²) < 4.78 is 37.4. The Morgan fingerprint density at radius 3 is 2.29 bits per heavy atom. The Bertz CT molecular complexity index is 1060. The number of piperidine rings is 1. The molecule has 0 radical (unpaired) electrons. The molecule has 41 heavy (non-hydrogen) atoms. The van der Waals surface area contributed by atoms with Crippen LogP contribution in [0.5, 0.6) is 0 Å². The van der Waals surface area contributed by atoms with Gasteiger partial charge in [0.05, 0.1) is 16.1 Å². The molecule has 1 aliphatic carbocycles. The molecule has 3 aliphatic heterocycles. The lowest BCUT2D eigenvalue weighted by Gasteiger charge is -2.39. The maximum Gasteiger partial charge on any atom is 0.410 e. The number of amides is 2. The molecule has 1 aromatic carbocycles. The number of rotatable bonds is 6. The lowest BCUT2D eigenvalue weighted by atomic mass is 9.88. The van der Waals surface area contributed by atoms with Crippen molar-refractivity contribution in [2.75, 3.05) is 46.4 Å². The molecule has 4 aliphatic rings. The number of likely N-dealkylation sites (tertiary alicyclic amines) is 2. The summed E-state index contributed by atoms with van der Waals surface area (Å²) in [7, 11) is 1.70. The molecular formula is C30H41Cl2F2N3O4. The third-order valence-electron chi connectivity index (χ3n) is 9.69. The SMILES string of the molecule is CN(C(=O)O[C@H]1CC[C@H](C(F)F)CC1)[C@@H]1CN(C(=O)C2CCN(C3CCOCC3)CC2)C[C@H]1c1ccc(Cl)c(Cl)c1. The average Bonchev–Trinajstić information content (AvgIpc) is 3.44. The van der Waals surface area contributed by atoms with E-state index in [1.54, 1.807) is 18.0 Å². The van der Waals surface area contributed by atoms with Crippen LogP contribution in [0.1, 0.15) is 62.8 Å². The lowest BCUT2D eigenvalue weighted by Crippen LogP contribution is -2.47. The molecule has 0 spiro atoms. The second kappa shape index (κ2) is 13.7. The second-order valence-corrected chi connectivity index (χ2v) is 12.9. The summed E-state index contributed by atoms with van der Waals surface area (Å²) in [5.74, 6) is -0.694. The van der Waals surface area contributed by atoms with Crippen molar-refractivity contribution in [2.24, 2.45) is 11.8 Å². The standard InChI is InChI=1S/C30H41Cl2F2N3O4/c1-35(30(39)41-23-5-2-19(3-6-23)28(33)34)27-18-37(17-24(27)21-4-7-25(31)26(32)16-21)29(38)20-8-12-36(13-9-20)22-10-14-40-15-11-22/h4,7,16,19-20,22-24,27-28H,2-3,5-6,8-15,17-18H2,1H3/t19-,23-,24-,27+/m0/s1. The number of hydrogen-bond acceptors (Lipinski definition) is 5. The third kappa shape index (κ3) is 7.28. The molecule has 11 heteroatoms. The Labute approximate surface area is 251 Å². The van der Waals surface area contributed by atoms with Crippen LogP contribution in [0.4, 0.5) is 13.6 Å². The summed E-state index contributed by atoms with van der Waals surface area (Å²) in [5, 5.41) is 0.871. The number of nitrogens with zero attached hydrogens (tertiary/aromatic N) is 3. The number of carbonyl (C=O) groups is 2. The smallest absolute Gasteiger partial charge is 0.410 e. The van der Waals surface area contributed by atoms with Crippen molar-refractivity contribution >= 4 is 35.2 Å². The first-order valence-electron chi connectivity index (χ1n) is 15.0. The molecule has 228 valence electrons. The zero-order valence-corrected chi connectivity index (χ0v) is 25.2. The molecule has 3 saturated heterocycles. The highest BCUT2D eigenvalue weighted by molar-refractivity contribution is 6.42. The van der Waals surface area contributed by atoms with Crippen LogP contribution in [0.2, 0.25) is 10.0 Å². The largest absolute Gasteiger partial charge is 0.446 e. The topological polar surface area (TPSA) is 62.3 Å². The highest BCUT2D eigenvalue weighted by Gasteiger charge is 2.43. The van der Waals surface area contributed by atoms with Crippen LogP contribution in [-0.4, -0.2) is 97.8 Å². The first-order chi connectivity index (χ1) is 19.7. The van der Waals surface area contributed by atoms with Gasteiger partial charge in [0.15, 0.2) is 0 Å². The fourth-order valence-corrected chi connectivity index (χ4v) is 7.38. The van der Waals surface area contributed by atoms with E-state index in [9.17, 15) is 18.4 Å².